The topological polar surface area (TPSA) is 56.3 Å². The van der Waals surface area contributed by atoms with Crippen LogP contribution in [-0.4, -0.2) is 27.9 Å². The maximum Gasteiger partial charge on any atom is 0.291 e. The van der Waals surface area contributed by atoms with E-state index in [1.165, 1.54) is 12.8 Å². The van der Waals surface area contributed by atoms with E-state index in [4.69, 9.17) is 21.1 Å². The zero-order valence-corrected chi connectivity index (χ0v) is 14.9. The molecule has 2 fully saturated rings. The molecule has 1 aliphatic heterocycles. The van der Waals surface area contributed by atoms with Gasteiger partial charge in [0, 0.05) is 17.5 Å². The van der Waals surface area contributed by atoms with Gasteiger partial charge in [-0.3, -0.25) is 0 Å². The Bertz CT molecular complexity index is 669. The van der Waals surface area contributed by atoms with Gasteiger partial charge in [-0.1, -0.05) is 23.7 Å². The summed E-state index contributed by atoms with van der Waals surface area (Å²) in [6.45, 7) is 1.90. The van der Waals surface area contributed by atoms with Crippen LogP contribution in [0, 0.1) is 5.92 Å². The summed E-state index contributed by atoms with van der Waals surface area (Å²) in [5, 5.41) is 4.08. The average Bonchev–Trinajstić information content (AvgIpc) is 3.36. The van der Waals surface area contributed by atoms with E-state index in [0.29, 0.717) is 17.7 Å². The molecule has 5 nitrogen and oxygen atoms in total. The molecular formula is C17H20ClN3O2S. The van der Waals surface area contributed by atoms with Gasteiger partial charge in [0.05, 0.1) is 11.7 Å². The smallest absolute Gasteiger partial charge is 0.291 e. The minimum absolute atomic E-state index is 0.0157. The van der Waals surface area contributed by atoms with E-state index in [9.17, 15) is 0 Å². The van der Waals surface area contributed by atoms with E-state index >= 15 is 0 Å². The standard InChI is InChI=1S/C17H20ClN3O2S/c18-13-7-5-12(6-8-13)15(11-3-4-11)23-17-16(20-24-21-17)22-14-2-1-9-19-10-14/h5-8,11,14-15,19H,1-4,9-10H2/t14-,15?/m1/s1. The highest BCUT2D eigenvalue weighted by molar-refractivity contribution is 6.99. The van der Waals surface area contributed by atoms with Gasteiger partial charge in [0.15, 0.2) is 0 Å². The van der Waals surface area contributed by atoms with Gasteiger partial charge in [-0.25, -0.2) is 0 Å². The second-order valence-electron chi connectivity index (χ2n) is 6.39. The highest BCUT2D eigenvalue weighted by atomic mass is 35.5. The van der Waals surface area contributed by atoms with Crippen molar-refractivity contribution < 1.29 is 9.47 Å². The molecule has 0 amide bonds. The molecule has 1 aromatic carbocycles. The Balaban J connectivity index is 1.48. The first kappa shape index (κ1) is 16.1. The predicted octanol–water partition coefficient (Wildman–Crippen LogP) is 3.85. The normalized spacial score (nSPS) is 22.1. The SMILES string of the molecule is Clc1ccc(C(Oc2nsnc2O[C@@H]2CCCNC2)C2CC2)cc1. The number of ether oxygens (including phenoxy) is 2. The second kappa shape index (κ2) is 7.25. The lowest BCUT2D eigenvalue weighted by Gasteiger charge is -2.23. The maximum absolute atomic E-state index is 6.23. The van der Waals surface area contributed by atoms with Crippen LogP contribution in [0.2, 0.25) is 5.02 Å². The van der Waals surface area contributed by atoms with E-state index in [0.717, 1.165) is 48.2 Å². The van der Waals surface area contributed by atoms with Gasteiger partial charge in [0.25, 0.3) is 11.8 Å². The fourth-order valence-electron chi connectivity index (χ4n) is 3.00. The fourth-order valence-corrected chi connectivity index (χ4v) is 3.56. The Morgan fingerprint density at radius 3 is 2.62 bits per heavy atom. The number of piperidine rings is 1. The number of nitrogens with zero attached hydrogens (tertiary/aromatic N) is 2. The number of aromatic nitrogens is 2. The van der Waals surface area contributed by atoms with Crippen LogP contribution in [0.15, 0.2) is 24.3 Å². The minimum Gasteiger partial charge on any atom is -0.469 e. The zero-order chi connectivity index (χ0) is 16.4. The van der Waals surface area contributed by atoms with Crippen molar-refractivity contribution in [3.8, 4) is 11.8 Å². The summed E-state index contributed by atoms with van der Waals surface area (Å²) in [7, 11) is 0. The van der Waals surface area contributed by atoms with Crippen molar-refractivity contribution in [2.45, 2.75) is 37.9 Å². The quantitative estimate of drug-likeness (QED) is 0.842. The van der Waals surface area contributed by atoms with Gasteiger partial charge < -0.3 is 14.8 Å². The lowest BCUT2D eigenvalue weighted by atomic mass is 10.1. The number of hydrogen-bond donors (Lipinski definition) is 1. The van der Waals surface area contributed by atoms with Crippen molar-refractivity contribution in [1.29, 1.82) is 0 Å². The molecular weight excluding hydrogens is 346 g/mol. The second-order valence-corrected chi connectivity index (χ2v) is 7.35. The van der Waals surface area contributed by atoms with Gasteiger partial charge in [-0.2, -0.15) is 0 Å². The molecule has 0 radical (unpaired) electrons. The third kappa shape index (κ3) is 3.82. The Morgan fingerprint density at radius 2 is 1.92 bits per heavy atom. The Hall–Kier alpha value is -1.37. The molecule has 1 aliphatic carbocycles. The van der Waals surface area contributed by atoms with Crippen LogP contribution in [0.3, 0.4) is 0 Å². The molecule has 7 heteroatoms. The molecule has 24 heavy (non-hydrogen) atoms. The Kier molecular flexibility index (Phi) is 4.87. The molecule has 1 saturated heterocycles. The maximum atomic E-state index is 6.23. The molecule has 2 heterocycles. The average molecular weight is 366 g/mol. The molecule has 1 saturated carbocycles. The van der Waals surface area contributed by atoms with E-state index < -0.39 is 0 Å². The molecule has 1 aromatic heterocycles. The summed E-state index contributed by atoms with van der Waals surface area (Å²) in [6.07, 6.45) is 4.63. The Labute approximate surface area is 150 Å². The van der Waals surface area contributed by atoms with Gasteiger partial charge >= 0.3 is 0 Å². The number of rotatable bonds is 6. The number of hydrogen-bond acceptors (Lipinski definition) is 6. The molecule has 0 bridgehead atoms. The number of nitrogens with one attached hydrogen (secondary N) is 1. The van der Waals surface area contributed by atoms with Crippen molar-refractivity contribution in [1.82, 2.24) is 14.1 Å². The van der Waals surface area contributed by atoms with Crippen LogP contribution < -0.4 is 14.8 Å². The summed E-state index contributed by atoms with van der Waals surface area (Å²) in [6, 6.07) is 7.85. The van der Waals surface area contributed by atoms with Gasteiger partial charge in [-0.05, 0) is 49.9 Å². The molecule has 4 rings (SSSR count). The monoisotopic (exact) mass is 365 g/mol. The van der Waals surface area contributed by atoms with E-state index in [1.807, 2.05) is 24.3 Å². The molecule has 128 valence electrons. The third-order valence-corrected chi connectivity index (χ3v) is 5.19. The van der Waals surface area contributed by atoms with Crippen molar-refractivity contribution in [3.05, 3.63) is 34.9 Å². The first-order valence-corrected chi connectivity index (χ1v) is 9.52. The van der Waals surface area contributed by atoms with Crippen molar-refractivity contribution in [2.75, 3.05) is 13.1 Å². The predicted molar refractivity (Wildman–Crippen MR) is 94.0 cm³/mol. The van der Waals surface area contributed by atoms with Crippen LogP contribution >= 0.6 is 23.3 Å². The van der Waals surface area contributed by atoms with E-state index in [-0.39, 0.29) is 12.2 Å². The van der Waals surface area contributed by atoms with Gasteiger partial charge in [0.1, 0.15) is 12.2 Å². The van der Waals surface area contributed by atoms with Crippen molar-refractivity contribution in [3.63, 3.8) is 0 Å². The molecule has 1 N–H and O–H groups in total. The van der Waals surface area contributed by atoms with Crippen LogP contribution in [0.4, 0.5) is 0 Å². The number of benzene rings is 1. The van der Waals surface area contributed by atoms with Crippen LogP contribution in [0.1, 0.15) is 37.4 Å². The summed E-state index contributed by atoms with van der Waals surface area (Å²) >= 11 is 7.14. The van der Waals surface area contributed by atoms with E-state index in [1.54, 1.807) is 0 Å². The Morgan fingerprint density at radius 1 is 1.12 bits per heavy atom. The summed E-state index contributed by atoms with van der Waals surface area (Å²) < 4.78 is 20.8. The van der Waals surface area contributed by atoms with Gasteiger partial charge in [0.2, 0.25) is 0 Å². The van der Waals surface area contributed by atoms with Crippen LogP contribution in [0.5, 0.6) is 11.8 Å². The number of halogens is 1. The fraction of sp³-hybridized carbons (Fsp3) is 0.529. The summed E-state index contributed by atoms with van der Waals surface area (Å²) in [5.41, 5.74) is 1.13. The van der Waals surface area contributed by atoms with Crippen molar-refractivity contribution >= 4 is 23.3 Å². The third-order valence-electron chi connectivity index (χ3n) is 4.45. The van der Waals surface area contributed by atoms with Crippen molar-refractivity contribution in [2.24, 2.45) is 5.92 Å². The highest BCUT2D eigenvalue weighted by Gasteiger charge is 2.35. The van der Waals surface area contributed by atoms with Crippen LogP contribution in [0.25, 0.3) is 0 Å². The minimum atomic E-state index is -0.0157. The molecule has 0 spiro atoms. The van der Waals surface area contributed by atoms with Gasteiger partial charge in [-0.15, -0.1) is 8.75 Å². The molecule has 2 aromatic rings. The lowest BCUT2D eigenvalue weighted by molar-refractivity contribution is 0.131. The van der Waals surface area contributed by atoms with Crippen LogP contribution in [-0.2, 0) is 0 Å². The molecule has 2 atom stereocenters. The first-order valence-electron chi connectivity index (χ1n) is 8.41. The summed E-state index contributed by atoms with van der Waals surface area (Å²) in [5.74, 6) is 1.56. The lowest BCUT2D eigenvalue weighted by Crippen LogP contribution is -2.37. The molecule has 2 aliphatic rings. The highest BCUT2D eigenvalue weighted by Crippen LogP contribution is 2.45. The summed E-state index contributed by atoms with van der Waals surface area (Å²) in [4.78, 5) is 0. The zero-order valence-electron chi connectivity index (χ0n) is 13.3. The first-order chi connectivity index (χ1) is 11.8. The molecule has 1 unspecified atom stereocenters. The van der Waals surface area contributed by atoms with E-state index in [2.05, 4.69) is 14.1 Å². The largest absolute Gasteiger partial charge is 0.469 e.